The van der Waals surface area contributed by atoms with Crippen LogP contribution < -0.4 is 19.5 Å². The minimum atomic E-state index is -0.686. The smallest absolute Gasteiger partial charge is 0.261 e. The highest BCUT2D eigenvalue weighted by Crippen LogP contribution is 2.27. The molecule has 1 N–H and O–H groups in total. The zero-order valence-corrected chi connectivity index (χ0v) is 22.1. The number of ether oxygens (including phenoxy) is 3. The fourth-order valence-electron chi connectivity index (χ4n) is 4.79. The van der Waals surface area contributed by atoms with Crippen LogP contribution in [0.4, 0.5) is 0 Å². The van der Waals surface area contributed by atoms with E-state index in [0.717, 1.165) is 36.8 Å². The third kappa shape index (κ3) is 7.51. The maximum absolute atomic E-state index is 13.8. The Labute approximate surface area is 224 Å². The SMILES string of the molecule is COc1cc(OC)cc(OCC(=O)N(Cc2ccccc2)[C@H](Cc2ccccc2)C(=O)NC2CCCC2)c1. The molecule has 200 valence electrons. The lowest BCUT2D eigenvalue weighted by Gasteiger charge is -2.32. The molecular weight excluding hydrogens is 480 g/mol. The Bertz CT molecular complexity index is 1160. The fraction of sp³-hybridized carbons (Fsp3) is 0.355. The molecule has 0 unspecified atom stereocenters. The summed E-state index contributed by atoms with van der Waals surface area (Å²) in [7, 11) is 3.12. The largest absolute Gasteiger partial charge is 0.496 e. The quantitative estimate of drug-likeness (QED) is 0.375. The van der Waals surface area contributed by atoms with Crippen molar-refractivity contribution in [3.8, 4) is 17.2 Å². The number of benzene rings is 3. The Hall–Kier alpha value is -4.00. The number of nitrogens with one attached hydrogen (secondary N) is 1. The molecule has 7 nitrogen and oxygen atoms in total. The molecule has 1 atom stereocenters. The number of methoxy groups -OCH3 is 2. The lowest BCUT2D eigenvalue weighted by molar-refractivity contribution is -0.143. The van der Waals surface area contributed by atoms with Crippen molar-refractivity contribution in [1.82, 2.24) is 10.2 Å². The van der Waals surface area contributed by atoms with Crippen LogP contribution in [0.5, 0.6) is 17.2 Å². The highest BCUT2D eigenvalue weighted by Gasteiger charge is 2.32. The Morgan fingerprint density at radius 1 is 0.842 bits per heavy atom. The number of carbonyl (C=O) groups excluding carboxylic acids is 2. The Balaban J connectivity index is 1.60. The van der Waals surface area contributed by atoms with Crippen LogP contribution in [0.1, 0.15) is 36.8 Å². The average Bonchev–Trinajstić information content (AvgIpc) is 3.47. The monoisotopic (exact) mass is 516 g/mol. The summed E-state index contributed by atoms with van der Waals surface area (Å²) < 4.78 is 16.5. The standard InChI is InChI=1S/C31H36N2O5/c1-36-26-18-27(37-2)20-28(19-26)38-22-30(34)33(21-24-13-7-4-8-14-24)29(17-23-11-5-3-6-12-23)31(35)32-25-15-9-10-16-25/h3-8,11-14,18-20,25,29H,9-10,15-17,21-22H2,1-2H3,(H,32,35)/t29-/m1/s1. The predicted molar refractivity (Wildman–Crippen MR) is 146 cm³/mol. The minimum absolute atomic E-state index is 0.131. The molecule has 4 rings (SSSR count). The first kappa shape index (κ1) is 27.0. The molecule has 0 spiro atoms. The van der Waals surface area contributed by atoms with Crippen molar-refractivity contribution in [1.29, 1.82) is 0 Å². The van der Waals surface area contributed by atoms with Gasteiger partial charge in [-0.3, -0.25) is 9.59 Å². The molecular formula is C31H36N2O5. The second kappa shape index (κ2) is 13.5. The van der Waals surface area contributed by atoms with E-state index >= 15 is 0 Å². The van der Waals surface area contributed by atoms with Gasteiger partial charge in [0.15, 0.2) is 6.61 Å². The van der Waals surface area contributed by atoms with Gasteiger partial charge in [0.1, 0.15) is 23.3 Å². The third-order valence-corrected chi connectivity index (χ3v) is 6.86. The number of hydrogen-bond donors (Lipinski definition) is 1. The van der Waals surface area contributed by atoms with Crippen LogP contribution in [-0.4, -0.2) is 49.6 Å². The van der Waals surface area contributed by atoms with Gasteiger partial charge in [0.25, 0.3) is 5.91 Å². The van der Waals surface area contributed by atoms with Crippen LogP contribution in [0, 0.1) is 0 Å². The molecule has 1 aliphatic carbocycles. The number of amides is 2. The summed E-state index contributed by atoms with van der Waals surface area (Å²) in [6.07, 6.45) is 4.57. The van der Waals surface area contributed by atoms with E-state index < -0.39 is 6.04 Å². The normalized spacial score (nSPS) is 13.9. The Morgan fingerprint density at radius 3 is 1.97 bits per heavy atom. The summed E-state index contributed by atoms with van der Waals surface area (Å²) in [4.78, 5) is 29.1. The summed E-state index contributed by atoms with van der Waals surface area (Å²) in [6, 6.07) is 24.1. The van der Waals surface area contributed by atoms with Crippen molar-refractivity contribution in [3.63, 3.8) is 0 Å². The lowest BCUT2D eigenvalue weighted by Crippen LogP contribution is -2.53. The van der Waals surface area contributed by atoms with Gasteiger partial charge in [0, 0.05) is 37.2 Å². The number of rotatable bonds is 12. The third-order valence-electron chi connectivity index (χ3n) is 6.86. The van der Waals surface area contributed by atoms with Crippen LogP contribution >= 0.6 is 0 Å². The summed E-state index contributed by atoms with van der Waals surface area (Å²) >= 11 is 0. The molecule has 0 aliphatic heterocycles. The van der Waals surface area contributed by atoms with Gasteiger partial charge in [-0.25, -0.2) is 0 Å². The second-order valence-corrected chi connectivity index (χ2v) is 9.54. The fourth-order valence-corrected chi connectivity index (χ4v) is 4.79. The van der Waals surface area contributed by atoms with E-state index in [1.165, 1.54) is 0 Å². The first-order valence-corrected chi connectivity index (χ1v) is 13.1. The molecule has 2 amide bonds. The van der Waals surface area contributed by atoms with Crippen molar-refractivity contribution in [2.24, 2.45) is 0 Å². The molecule has 3 aromatic rings. The second-order valence-electron chi connectivity index (χ2n) is 9.54. The highest BCUT2D eigenvalue weighted by atomic mass is 16.5. The molecule has 7 heteroatoms. The molecule has 1 fully saturated rings. The molecule has 0 aromatic heterocycles. The van der Waals surface area contributed by atoms with E-state index in [0.29, 0.717) is 30.2 Å². The van der Waals surface area contributed by atoms with Gasteiger partial charge in [-0.05, 0) is 24.0 Å². The summed E-state index contributed by atoms with van der Waals surface area (Å²) in [6.45, 7) is 0.0607. The first-order valence-electron chi connectivity index (χ1n) is 13.1. The van der Waals surface area contributed by atoms with Gasteiger partial charge < -0.3 is 24.4 Å². The number of hydrogen-bond acceptors (Lipinski definition) is 5. The van der Waals surface area contributed by atoms with Gasteiger partial charge in [0.2, 0.25) is 5.91 Å². The van der Waals surface area contributed by atoms with Gasteiger partial charge >= 0.3 is 0 Å². The number of carbonyl (C=O) groups is 2. The van der Waals surface area contributed by atoms with Crippen molar-refractivity contribution < 1.29 is 23.8 Å². The molecule has 0 heterocycles. The molecule has 0 saturated heterocycles. The molecule has 0 bridgehead atoms. The van der Waals surface area contributed by atoms with Crippen molar-refractivity contribution in [2.45, 2.75) is 50.7 Å². The molecule has 1 aliphatic rings. The zero-order valence-electron chi connectivity index (χ0n) is 22.1. The molecule has 0 radical (unpaired) electrons. The summed E-state index contributed by atoms with van der Waals surface area (Å²) in [5.41, 5.74) is 1.93. The van der Waals surface area contributed by atoms with E-state index in [1.54, 1.807) is 37.3 Å². The van der Waals surface area contributed by atoms with E-state index in [4.69, 9.17) is 14.2 Å². The van der Waals surface area contributed by atoms with Crippen molar-refractivity contribution >= 4 is 11.8 Å². The van der Waals surface area contributed by atoms with E-state index in [-0.39, 0.29) is 24.5 Å². The maximum Gasteiger partial charge on any atom is 0.261 e. The van der Waals surface area contributed by atoms with Crippen molar-refractivity contribution in [3.05, 3.63) is 90.0 Å². The average molecular weight is 517 g/mol. The van der Waals surface area contributed by atoms with Gasteiger partial charge in [0.05, 0.1) is 14.2 Å². The van der Waals surface area contributed by atoms with Crippen LogP contribution in [0.25, 0.3) is 0 Å². The first-order chi connectivity index (χ1) is 18.6. The topological polar surface area (TPSA) is 77.1 Å². The van der Waals surface area contributed by atoms with Crippen LogP contribution in [0.3, 0.4) is 0 Å². The summed E-state index contributed by atoms with van der Waals surface area (Å²) in [5.74, 6) is 1.16. The molecule has 38 heavy (non-hydrogen) atoms. The number of nitrogens with zero attached hydrogens (tertiary/aromatic N) is 1. The zero-order chi connectivity index (χ0) is 26.7. The minimum Gasteiger partial charge on any atom is -0.496 e. The summed E-state index contributed by atoms with van der Waals surface area (Å²) in [5, 5.41) is 3.22. The van der Waals surface area contributed by atoms with Crippen molar-refractivity contribution in [2.75, 3.05) is 20.8 Å². The van der Waals surface area contributed by atoms with E-state index in [2.05, 4.69) is 5.32 Å². The Morgan fingerprint density at radius 2 is 1.39 bits per heavy atom. The van der Waals surface area contributed by atoms with E-state index in [9.17, 15) is 9.59 Å². The highest BCUT2D eigenvalue weighted by molar-refractivity contribution is 5.88. The Kier molecular flexibility index (Phi) is 9.62. The van der Waals surface area contributed by atoms with Gasteiger partial charge in [-0.1, -0.05) is 73.5 Å². The van der Waals surface area contributed by atoms with Gasteiger partial charge in [-0.2, -0.15) is 0 Å². The van der Waals surface area contributed by atoms with Gasteiger partial charge in [-0.15, -0.1) is 0 Å². The van der Waals surface area contributed by atoms with E-state index in [1.807, 2.05) is 60.7 Å². The van der Waals surface area contributed by atoms with Crippen LogP contribution in [0.15, 0.2) is 78.9 Å². The molecule has 1 saturated carbocycles. The maximum atomic E-state index is 13.8. The van der Waals surface area contributed by atoms with Crippen LogP contribution in [-0.2, 0) is 22.6 Å². The predicted octanol–water partition coefficient (Wildman–Crippen LogP) is 4.78. The van der Waals surface area contributed by atoms with Crippen LogP contribution in [0.2, 0.25) is 0 Å². The molecule has 3 aromatic carbocycles. The lowest BCUT2D eigenvalue weighted by atomic mass is 10.0.